The highest BCUT2D eigenvalue weighted by Crippen LogP contribution is 2.38. The van der Waals surface area contributed by atoms with Crippen LogP contribution in [-0.2, 0) is 0 Å². The number of nitriles is 1. The highest BCUT2D eigenvalue weighted by Gasteiger charge is 2.27. The lowest BCUT2D eigenvalue weighted by molar-refractivity contribution is 0.934. The fraction of sp³-hybridized carbons (Fsp3) is 0.375. The van der Waals surface area contributed by atoms with Gasteiger partial charge in [-0.05, 0) is 12.8 Å². The fourth-order valence-corrected chi connectivity index (χ4v) is 1.15. The molecule has 5 nitrogen and oxygen atoms in total. The van der Waals surface area contributed by atoms with E-state index in [4.69, 9.17) is 16.7 Å². The second kappa shape index (κ2) is 2.59. The Labute approximate surface area is 75.4 Å². The highest BCUT2D eigenvalue weighted by atomic mass is 15.0. The zero-order chi connectivity index (χ0) is 9.42. The summed E-state index contributed by atoms with van der Waals surface area (Å²) in [6.45, 7) is 0. The molecule has 1 aliphatic rings. The van der Waals surface area contributed by atoms with Crippen molar-refractivity contribution in [3.05, 3.63) is 11.4 Å². The van der Waals surface area contributed by atoms with Crippen molar-refractivity contribution < 1.29 is 0 Å². The van der Waals surface area contributed by atoms with Crippen LogP contribution in [0.15, 0.2) is 0 Å². The molecule has 1 fully saturated rings. The number of nitrogens with two attached hydrogens (primary N) is 2. The Kier molecular flexibility index (Phi) is 1.55. The van der Waals surface area contributed by atoms with Gasteiger partial charge in [-0.2, -0.15) is 5.26 Å². The lowest BCUT2D eigenvalue weighted by Crippen LogP contribution is -2.06. The van der Waals surface area contributed by atoms with Gasteiger partial charge in [-0.1, -0.05) is 0 Å². The summed E-state index contributed by atoms with van der Waals surface area (Å²) in [5.74, 6) is 1.46. The van der Waals surface area contributed by atoms with Crippen LogP contribution in [0.5, 0.6) is 0 Å². The monoisotopic (exact) mass is 175 g/mol. The highest BCUT2D eigenvalue weighted by molar-refractivity contribution is 5.60. The molecule has 0 atom stereocenters. The summed E-state index contributed by atoms with van der Waals surface area (Å²) in [7, 11) is 0. The van der Waals surface area contributed by atoms with Crippen LogP contribution in [0.25, 0.3) is 0 Å². The van der Waals surface area contributed by atoms with E-state index in [0.29, 0.717) is 11.7 Å². The molecule has 0 saturated heterocycles. The van der Waals surface area contributed by atoms with Crippen molar-refractivity contribution in [1.29, 1.82) is 5.26 Å². The minimum Gasteiger partial charge on any atom is -0.382 e. The maximum absolute atomic E-state index is 8.65. The van der Waals surface area contributed by atoms with Crippen molar-refractivity contribution in [2.24, 2.45) is 0 Å². The van der Waals surface area contributed by atoms with Crippen LogP contribution in [0.2, 0.25) is 0 Å². The van der Waals surface area contributed by atoms with E-state index in [2.05, 4.69) is 9.97 Å². The van der Waals surface area contributed by atoms with Gasteiger partial charge >= 0.3 is 0 Å². The van der Waals surface area contributed by atoms with Crippen molar-refractivity contribution in [2.75, 3.05) is 11.5 Å². The first-order valence-corrected chi connectivity index (χ1v) is 4.05. The number of nitrogens with zero attached hydrogens (tertiary/aromatic N) is 3. The average Bonchev–Trinajstić information content (AvgIpc) is 2.85. The van der Waals surface area contributed by atoms with Gasteiger partial charge < -0.3 is 11.5 Å². The van der Waals surface area contributed by atoms with E-state index in [9.17, 15) is 0 Å². The zero-order valence-electron chi connectivity index (χ0n) is 6.99. The van der Waals surface area contributed by atoms with Gasteiger partial charge in [0, 0.05) is 5.92 Å². The first-order chi connectivity index (χ1) is 6.22. The predicted octanol–water partition coefficient (Wildman–Crippen LogP) is 0.390. The Morgan fingerprint density at radius 2 is 1.77 bits per heavy atom. The molecule has 1 aromatic heterocycles. The third-order valence-corrected chi connectivity index (χ3v) is 2.04. The molecule has 0 bridgehead atoms. The Morgan fingerprint density at radius 1 is 1.23 bits per heavy atom. The van der Waals surface area contributed by atoms with Crippen LogP contribution in [0.3, 0.4) is 0 Å². The molecule has 66 valence electrons. The maximum atomic E-state index is 8.65. The fourth-order valence-electron chi connectivity index (χ4n) is 1.15. The summed E-state index contributed by atoms with van der Waals surface area (Å²) in [6.07, 6.45) is 2.18. The van der Waals surface area contributed by atoms with Crippen LogP contribution in [-0.4, -0.2) is 9.97 Å². The van der Waals surface area contributed by atoms with Crippen LogP contribution in [0, 0.1) is 11.3 Å². The summed E-state index contributed by atoms with van der Waals surface area (Å²) in [6, 6.07) is 1.88. The second-order valence-corrected chi connectivity index (χ2v) is 3.11. The lowest BCUT2D eigenvalue weighted by Gasteiger charge is -2.02. The minimum absolute atomic E-state index is 0.185. The number of anilines is 2. The minimum atomic E-state index is 0.185. The van der Waals surface area contributed by atoms with E-state index < -0.39 is 0 Å². The first kappa shape index (κ1) is 7.80. The van der Waals surface area contributed by atoms with Crippen LogP contribution in [0.4, 0.5) is 11.6 Å². The molecule has 13 heavy (non-hydrogen) atoms. The maximum Gasteiger partial charge on any atom is 0.147 e. The molecule has 4 N–H and O–H groups in total. The van der Waals surface area contributed by atoms with Gasteiger partial charge in [0.1, 0.15) is 29.1 Å². The predicted molar refractivity (Wildman–Crippen MR) is 47.5 cm³/mol. The molecule has 0 aliphatic heterocycles. The van der Waals surface area contributed by atoms with Crippen molar-refractivity contribution >= 4 is 11.6 Å². The summed E-state index contributed by atoms with van der Waals surface area (Å²) in [5.41, 5.74) is 11.3. The molecule has 1 aliphatic carbocycles. The molecule has 1 saturated carbocycles. The Hall–Kier alpha value is -1.83. The quantitative estimate of drug-likeness (QED) is 0.642. The molecule has 0 amide bonds. The molecule has 0 spiro atoms. The third kappa shape index (κ3) is 1.26. The number of rotatable bonds is 1. The van der Waals surface area contributed by atoms with E-state index in [1.165, 1.54) is 0 Å². The number of hydrogen-bond donors (Lipinski definition) is 2. The summed E-state index contributed by atoms with van der Waals surface area (Å²) in [4.78, 5) is 8.06. The average molecular weight is 175 g/mol. The van der Waals surface area contributed by atoms with Gasteiger partial charge in [0.2, 0.25) is 0 Å². The smallest absolute Gasteiger partial charge is 0.147 e. The van der Waals surface area contributed by atoms with E-state index in [1.54, 1.807) is 0 Å². The van der Waals surface area contributed by atoms with Gasteiger partial charge in [0.05, 0.1) is 0 Å². The Bertz CT molecular complexity index is 365. The van der Waals surface area contributed by atoms with E-state index >= 15 is 0 Å². The topological polar surface area (TPSA) is 102 Å². The summed E-state index contributed by atoms with van der Waals surface area (Å²) >= 11 is 0. The van der Waals surface area contributed by atoms with Gasteiger partial charge in [-0.25, -0.2) is 9.97 Å². The van der Waals surface area contributed by atoms with Crippen LogP contribution >= 0.6 is 0 Å². The van der Waals surface area contributed by atoms with Gasteiger partial charge in [-0.3, -0.25) is 0 Å². The summed E-state index contributed by atoms with van der Waals surface area (Å²) < 4.78 is 0. The lowest BCUT2D eigenvalue weighted by atomic mass is 10.3. The van der Waals surface area contributed by atoms with Crippen LogP contribution < -0.4 is 11.5 Å². The number of aromatic nitrogens is 2. The standard InChI is InChI=1S/C8H9N5/c9-3-5-6(10)12-8(4-1-2-4)13-7(5)11/h4H,1-2H2,(H4,10,11,12,13). The van der Waals surface area contributed by atoms with Crippen LogP contribution in [0.1, 0.15) is 30.1 Å². The molecule has 0 unspecified atom stereocenters. The van der Waals surface area contributed by atoms with E-state index in [-0.39, 0.29) is 17.2 Å². The van der Waals surface area contributed by atoms with Crippen molar-refractivity contribution in [3.63, 3.8) is 0 Å². The van der Waals surface area contributed by atoms with Crippen molar-refractivity contribution in [2.45, 2.75) is 18.8 Å². The zero-order valence-corrected chi connectivity index (χ0v) is 6.99. The van der Waals surface area contributed by atoms with Gasteiger partial charge in [0.25, 0.3) is 0 Å². The molecular formula is C8H9N5. The largest absolute Gasteiger partial charge is 0.382 e. The molecule has 2 rings (SSSR count). The Morgan fingerprint density at radius 3 is 2.15 bits per heavy atom. The summed E-state index contributed by atoms with van der Waals surface area (Å²) in [5, 5.41) is 8.65. The first-order valence-electron chi connectivity index (χ1n) is 4.05. The van der Waals surface area contributed by atoms with E-state index in [1.807, 2.05) is 6.07 Å². The molecule has 0 aromatic carbocycles. The number of nitrogen functional groups attached to an aromatic ring is 2. The number of hydrogen-bond acceptors (Lipinski definition) is 5. The van der Waals surface area contributed by atoms with Gasteiger partial charge in [-0.15, -0.1) is 0 Å². The Balaban J connectivity index is 2.50. The molecule has 1 aromatic rings. The van der Waals surface area contributed by atoms with Crippen molar-refractivity contribution in [1.82, 2.24) is 9.97 Å². The second-order valence-electron chi connectivity index (χ2n) is 3.11. The van der Waals surface area contributed by atoms with E-state index in [0.717, 1.165) is 12.8 Å². The molecule has 5 heteroatoms. The molecule has 1 heterocycles. The van der Waals surface area contributed by atoms with Crippen molar-refractivity contribution in [3.8, 4) is 6.07 Å². The third-order valence-electron chi connectivity index (χ3n) is 2.04. The molecular weight excluding hydrogens is 166 g/mol. The normalized spacial score (nSPS) is 15.3. The molecule has 0 radical (unpaired) electrons. The van der Waals surface area contributed by atoms with Gasteiger partial charge in [0.15, 0.2) is 0 Å². The SMILES string of the molecule is N#Cc1c(N)nc(C2CC2)nc1N.